The van der Waals surface area contributed by atoms with Crippen LogP contribution in [-0.2, 0) is 0 Å². The van der Waals surface area contributed by atoms with Gasteiger partial charge in [-0.05, 0) is 6.92 Å². The fraction of sp³-hybridized carbons (Fsp3) is 0.250. The highest BCUT2D eigenvalue weighted by Gasteiger charge is 1.75. The first-order valence-electron chi connectivity index (χ1n) is 1.53. The molecule has 0 aromatic heterocycles. The van der Waals surface area contributed by atoms with Crippen molar-refractivity contribution in [3.63, 3.8) is 0 Å². The molecule has 0 aliphatic heterocycles. The summed E-state index contributed by atoms with van der Waals surface area (Å²) in [5, 5.41) is 8.13. The van der Waals surface area contributed by atoms with E-state index in [1.54, 1.807) is 19.1 Å². The molecule has 0 bridgehead atoms. The van der Waals surface area contributed by atoms with Crippen LogP contribution in [0.5, 0.6) is 0 Å². The van der Waals surface area contributed by atoms with Crippen LogP contribution < -0.4 is 0 Å². The van der Waals surface area contributed by atoms with E-state index in [-0.39, 0.29) is 5.03 Å². The Morgan fingerprint density at radius 3 is 2.50 bits per heavy atom. The molecule has 1 nitrogen and oxygen atoms in total. The third kappa shape index (κ3) is 1.80. The van der Waals surface area contributed by atoms with Crippen molar-refractivity contribution in [1.82, 2.24) is 0 Å². The minimum absolute atomic E-state index is 0.245. The third-order valence-electron chi connectivity index (χ3n) is 0.360. The van der Waals surface area contributed by atoms with E-state index in [0.29, 0.717) is 0 Å². The molecule has 0 aliphatic rings. The third-order valence-corrected chi connectivity index (χ3v) is 0.663. The molecular formula is C4H4ClN. The lowest BCUT2D eigenvalue weighted by Gasteiger charge is -1.66. The lowest BCUT2D eigenvalue weighted by atomic mass is 10.6. The smallest absolute Gasteiger partial charge is 0.114 e. The molecule has 0 atom stereocenters. The molecule has 6 heavy (non-hydrogen) atoms. The van der Waals surface area contributed by atoms with Gasteiger partial charge in [-0.2, -0.15) is 5.26 Å². The molecule has 0 aliphatic carbocycles. The quantitative estimate of drug-likeness (QED) is 0.426. The van der Waals surface area contributed by atoms with Crippen LogP contribution in [0, 0.1) is 11.3 Å². The van der Waals surface area contributed by atoms with Crippen LogP contribution in [0.4, 0.5) is 0 Å². The lowest BCUT2D eigenvalue weighted by molar-refractivity contribution is 1.51. The van der Waals surface area contributed by atoms with Crippen LogP contribution in [-0.4, -0.2) is 0 Å². The predicted molar refractivity (Wildman–Crippen MR) is 25.2 cm³/mol. The first kappa shape index (κ1) is 5.52. The van der Waals surface area contributed by atoms with Crippen molar-refractivity contribution in [3.05, 3.63) is 11.1 Å². The number of nitrogens with zero attached hydrogens (tertiary/aromatic N) is 1. The minimum atomic E-state index is 0.245. The minimum Gasteiger partial charge on any atom is -0.191 e. The first-order chi connectivity index (χ1) is 2.81. The van der Waals surface area contributed by atoms with Gasteiger partial charge in [0, 0.05) is 0 Å². The van der Waals surface area contributed by atoms with E-state index in [1.165, 1.54) is 0 Å². The van der Waals surface area contributed by atoms with Crippen molar-refractivity contribution in [2.24, 2.45) is 0 Å². The van der Waals surface area contributed by atoms with Gasteiger partial charge in [-0.15, -0.1) is 0 Å². The molecule has 0 aromatic carbocycles. The van der Waals surface area contributed by atoms with E-state index < -0.39 is 0 Å². The molecule has 0 radical (unpaired) electrons. The van der Waals surface area contributed by atoms with Gasteiger partial charge in [-0.3, -0.25) is 0 Å². The van der Waals surface area contributed by atoms with Gasteiger partial charge >= 0.3 is 0 Å². The van der Waals surface area contributed by atoms with Crippen molar-refractivity contribution in [1.29, 1.82) is 5.26 Å². The van der Waals surface area contributed by atoms with E-state index in [4.69, 9.17) is 16.9 Å². The van der Waals surface area contributed by atoms with E-state index in [2.05, 4.69) is 0 Å². The molecule has 32 valence electrons. The van der Waals surface area contributed by atoms with Gasteiger partial charge in [0.25, 0.3) is 0 Å². The van der Waals surface area contributed by atoms with Crippen molar-refractivity contribution < 1.29 is 0 Å². The summed E-state index contributed by atoms with van der Waals surface area (Å²) in [5.41, 5.74) is 0. The molecule has 0 aromatic rings. The fourth-order valence-electron chi connectivity index (χ4n) is 0.0645. The summed E-state index contributed by atoms with van der Waals surface area (Å²) in [6.07, 6.45) is 1.54. The van der Waals surface area contributed by atoms with Crippen LogP contribution in [0.15, 0.2) is 11.1 Å². The van der Waals surface area contributed by atoms with Crippen LogP contribution in [0.25, 0.3) is 0 Å². The zero-order valence-electron chi connectivity index (χ0n) is 3.40. The molecule has 0 heterocycles. The molecule has 0 saturated carbocycles. The molecule has 0 amide bonds. The summed E-state index contributed by atoms with van der Waals surface area (Å²) in [7, 11) is 0. The maximum absolute atomic E-state index is 7.88. The maximum atomic E-state index is 7.88. The van der Waals surface area contributed by atoms with Crippen LogP contribution in [0.2, 0.25) is 0 Å². The monoisotopic (exact) mass is 101 g/mol. The number of allylic oxidation sites excluding steroid dienone is 2. The Morgan fingerprint density at radius 2 is 2.50 bits per heavy atom. The average molecular weight is 102 g/mol. The van der Waals surface area contributed by atoms with Crippen LogP contribution >= 0.6 is 11.6 Å². The predicted octanol–water partition coefficient (Wildman–Crippen LogP) is 1.65. The van der Waals surface area contributed by atoms with Gasteiger partial charge in [-0.1, -0.05) is 17.7 Å². The van der Waals surface area contributed by atoms with Crippen LogP contribution in [0.3, 0.4) is 0 Å². The maximum Gasteiger partial charge on any atom is 0.114 e. The van der Waals surface area contributed by atoms with Gasteiger partial charge in [0.1, 0.15) is 11.1 Å². The molecular weight excluding hydrogens is 97.5 g/mol. The standard InChI is InChI=1S/C4H4ClN/c1-2-4(5)3-6/h2H,1H3. The topological polar surface area (TPSA) is 23.8 Å². The summed E-state index contributed by atoms with van der Waals surface area (Å²) >= 11 is 5.15. The molecule has 0 N–H and O–H groups in total. The molecule has 0 saturated heterocycles. The highest BCUT2D eigenvalue weighted by molar-refractivity contribution is 6.31. The Morgan fingerprint density at radius 1 is 2.00 bits per heavy atom. The molecule has 0 unspecified atom stereocenters. The number of hydrogen-bond donors (Lipinski definition) is 0. The Bertz CT molecular complexity index is 98.6. The Balaban J connectivity index is 3.61. The van der Waals surface area contributed by atoms with E-state index in [0.717, 1.165) is 0 Å². The largest absolute Gasteiger partial charge is 0.191 e. The highest BCUT2D eigenvalue weighted by Crippen LogP contribution is 1.94. The molecule has 0 fully saturated rings. The Hall–Kier alpha value is -0.480. The highest BCUT2D eigenvalue weighted by atomic mass is 35.5. The summed E-state index contributed by atoms with van der Waals surface area (Å²) in [6.45, 7) is 1.71. The molecule has 0 rings (SSSR count). The van der Waals surface area contributed by atoms with Crippen molar-refractivity contribution in [2.75, 3.05) is 0 Å². The molecule has 0 spiro atoms. The van der Waals surface area contributed by atoms with Crippen LogP contribution in [0.1, 0.15) is 6.92 Å². The number of nitriles is 1. The average Bonchev–Trinajstić information content (AvgIpc) is 1.65. The van der Waals surface area contributed by atoms with E-state index in [1.807, 2.05) is 0 Å². The first-order valence-corrected chi connectivity index (χ1v) is 1.91. The number of hydrogen-bond acceptors (Lipinski definition) is 1. The zero-order valence-corrected chi connectivity index (χ0v) is 4.16. The summed E-state index contributed by atoms with van der Waals surface area (Å²) in [5.74, 6) is 0. The second-order valence-corrected chi connectivity index (χ2v) is 1.16. The number of halogens is 1. The van der Waals surface area contributed by atoms with Crippen molar-refractivity contribution >= 4 is 11.6 Å². The van der Waals surface area contributed by atoms with E-state index in [9.17, 15) is 0 Å². The van der Waals surface area contributed by atoms with Gasteiger partial charge in [-0.25, -0.2) is 0 Å². The normalized spacial score (nSPS) is 10.5. The van der Waals surface area contributed by atoms with Gasteiger partial charge in [0.15, 0.2) is 0 Å². The Kier molecular flexibility index (Phi) is 2.52. The SMILES string of the molecule is CC=C(Cl)C#N. The van der Waals surface area contributed by atoms with Gasteiger partial charge in [0.2, 0.25) is 0 Å². The summed E-state index contributed by atoms with van der Waals surface area (Å²) in [6, 6.07) is 1.74. The van der Waals surface area contributed by atoms with E-state index >= 15 is 0 Å². The Labute approximate surface area is 41.8 Å². The second kappa shape index (κ2) is 2.74. The lowest BCUT2D eigenvalue weighted by Crippen LogP contribution is -1.52. The summed E-state index contributed by atoms with van der Waals surface area (Å²) < 4.78 is 0. The second-order valence-electron chi connectivity index (χ2n) is 0.748. The van der Waals surface area contributed by atoms with Crippen molar-refractivity contribution in [2.45, 2.75) is 6.92 Å². The summed E-state index contributed by atoms with van der Waals surface area (Å²) in [4.78, 5) is 0. The zero-order chi connectivity index (χ0) is 4.99. The number of rotatable bonds is 0. The fourth-order valence-corrected chi connectivity index (χ4v) is 0.0645. The van der Waals surface area contributed by atoms with Gasteiger partial charge in [0.05, 0.1) is 0 Å². The van der Waals surface area contributed by atoms with Crippen molar-refractivity contribution in [3.8, 4) is 6.07 Å². The van der Waals surface area contributed by atoms with Gasteiger partial charge < -0.3 is 0 Å². The molecule has 2 heteroatoms.